The van der Waals surface area contributed by atoms with Gasteiger partial charge in [-0.1, -0.05) is 326 Å². The summed E-state index contributed by atoms with van der Waals surface area (Å²) in [6, 6.07) is 0. The minimum absolute atomic E-state index is 0.0763. The highest BCUT2D eigenvalue weighted by molar-refractivity contribution is 5.71. The molecule has 0 amide bonds. The molecule has 0 heterocycles. The van der Waals surface area contributed by atoms with Gasteiger partial charge in [0.1, 0.15) is 13.2 Å². The molecule has 0 bridgehead atoms. The average molecular weight is 1120 g/mol. The van der Waals surface area contributed by atoms with Crippen LogP contribution in [-0.2, 0) is 28.6 Å². The van der Waals surface area contributed by atoms with Gasteiger partial charge in [0.2, 0.25) is 0 Å². The second-order valence-corrected chi connectivity index (χ2v) is 23.8. The Labute approximate surface area is 498 Å². The van der Waals surface area contributed by atoms with E-state index in [0.717, 1.165) is 83.5 Å². The molecule has 0 aliphatic heterocycles. The fourth-order valence-corrected chi connectivity index (χ4v) is 10.4. The summed E-state index contributed by atoms with van der Waals surface area (Å²) in [5.74, 6) is -0.866. The first kappa shape index (κ1) is 77.1. The Balaban J connectivity index is 4.36. The summed E-state index contributed by atoms with van der Waals surface area (Å²) in [5.41, 5.74) is 0. The maximum absolute atomic E-state index is 13.0. The molecule has 0 aromatic carbocycles. The SMILES string of the molecule is CCCCCCC/C=C\C/C=C\C/C=C\CCCCCCCCC(=O)OC(COC(=O)CCCCCCCCCCCCC/C=C\C/C=C\CCCCCCC)COC(=O)CCCCCCCCCCCCCCCCCCCC. The summed E-state index contributed by atoms with van der Waals surface area (Å²) in [7, 11) is 0. The molecule has 0 saturated carbocycles. The van der Waals surface area contributed by atoms with Crippen molar-refractivity contribution in [3.8, 4) is 0 Å². The maximum Gasteiger partial charge on any atom is 0.306 e. The van der Waals surface area contributed by atoms with Crippen molar-refractivity contribution in [2.75, 3.05) is 13.2 Å². The van der Waals surface area contributed by atoms with Crippen LogP contribution in [0.4, 0.5) is 0 Å². The lowest BCUT2D eigenvalue weighted by atomic mass is 10.0. The summed E-state index contributed by atoms with van der Waals surface area (Å²) in [6.45, 7) is 6.67. The average Bonchev–Trinajstić information content (AvgIpc) is 3.46. The van der Waals surface area contributed by atoms with Gasteiger partial charge in [-0.15, -0.1) is 0 Å². The first-order valence-corrected chi connectivity index (χ1v) is 35.3. The Morgan fingerprint density at radius 2 is 0.450 bits per heavy atom. The molecule has 80 heavy (non-hydrogen) atoms. The van der Waals surface area contributed by atoms with E-state index in [1.165, 1.54) is 250 Å². The lowest BCUT2D eigenvalue weighted by Crippen LogP contribution is -2.30. The van der Waals surface area contributed by atoms with E-state index >= 15 is 0 Å². The van der Waals surface area contributed by atoms with Crippen LogP contribution in [-0.4, -0.2) is 37.2 Å². The Kier molecular flexibility index (Phi) is 66.1. The highest BCUT2D eigenvalue weighted by Crippen LogP contribution is 2.18. The number of hydrogen-bond acceptors (Lipinski definition) is 6. The number of carbonyl (C=O) groups excluding carboxylic acids is 3. The Hall–Kier alpha value is -2.89. The van der Waals surface area contributed by atoms with Gasteiger partial charge in [0, 0.05) is 19.3 Å². The molecule has 0 saturated heterocycles. The lowest BCUT2D eigenvalue weighted by Gasteiger charge is -2.18. The van der Waals surface area contributed by atoms with Gasteiger partial charge in [0.05, 0.1) is 0 Å². The predicted octanol–water partition coefficient (Wildman–Crippen LogP) is 24.3. The van der Waals surface area contributed by atoms with E-state index in [9.17, 15) is 14.4 Å². The van der Waals surface area contributed by atoms with Gasteiger partial charge in [-0.25, -0.2) is 0 Å². The fraction of sp³-hybridized carbons (Fsp3) is 0.824. The summed E-state index contributed by atoms with van der Waals surface area (Å²) in [4.78, 5) is 38.5. The van der Waals surface area contributed by atoms with Crippen LogP contribution in [0.1, 0.15) is 374 Å². The molecule has 0 aromatic rings. The van der Waals surface area contributed by atoms with Crippen LogP contribution in [0, 0.1) is 0 Å². The molecule has 466 valence electrons. The predicted molar refractivity (Wildman–Crippen MR) is 348 cm³/mol. The van der Waals surface area contributed by atoms with E-state index in [1.807, 2.05) is 0 Å². The lowest BCUT2D eigenvalue weighted by molar-refractivity contribution is -0.167. The second-order valence-electron chi connectivity index (χ2n) is 23.8. The van der Waals surface area contributed by atoms with Gasteiger partial charge in [0.25, 0.3) is 0 Å². The molecule has 0 aromatic heterocycles. The van der Waals surface area contributed by atoms with Gasteiger partial charge >= 0.3 is 17.9 Å². The Morgan fingerprint density at radius 1 is 0.250 bits per heavy atom. The van der Waals surface area contributed by atoms with E-state index in [-0.39, 0.29) is 31.1 Å². The van der Waals surface area contributed by atoms with Gasteiger partial charge in [-0.3, -0.25) is 14.4 Å². The molecule has 6 nitrogen and oxygen atoms in total. The summed E-state index contributed by atoms with van der Waals surface area (Å²) in [6.07, 6.45) is 88.0. The van der Waals surface area contributed by atoms with Crippen molar-refractivity contribution >= 4 is 17.9 Å². The van der Waals surface area contributed by atoms with Crippen molar-refractivity contribution in [1.29, 1.82) is 0 Å². The fourth-order valence-electron chi connectivity index (χ4n) is 10.4. The summed E-state index contributed by atoms with van der Waals surface area (Å²) in [5, 5.41) is 0. The van der Waals surface area contributed by atoms with E-state index < -0.39 is 6.10 Å². The van der Waals surface area contributed by atoms with Crippen molar-refractivity contribution in [3.63, 3.8) is 0 Å². The van der Waals surface area contributed by atoms with Crippen LogP contribution < -0.4 is 0 Å². The largest absolute Gasteiger partial charge is 0.462 e. The molecular weight excluding hydrogens is 985 g/mol. The third-order valence-corrected chi connectivity index (χ3v) is 15.7. The molecule has 0 N–H and O–H groups in total. The Morgan fingerprint density at radius 3 is 0.700 bits per heavy atom. The first-order chi connectivity index (χ1) is 39.5. The van der Waals surface area contributed by atoms with Crippen LogP contribution in [0.5, 0.6) is 0 Å². The van der Waals surface area contributed by atoms with Gasteiger partial charge < -0.3 is 14.2 Å². The zero-order valence-electron chi connectivity index (χ0n) is 53.6. The molecule has 0 rings (SSSR count). The van der Waals surface area contributed by atoms with E-state index in [0.29, 0.717) is 19.3 Å². The summed E-state index contributed by atoms with van der Waals surface area (Å²) >= 11 is 0. The minimum atomic E-state index is -0.783. The van der Waals surface area contributed by atoms with E-state index in [4.69, 9.17) is 14.2 Å². The molecule has 0 fully saturated rings. The van der Waals surface area contributed by atoms with Crippen molar-refractivity contribution in [2.45, 2.75) is 380 Å². The smallest absolute Gasteiger partial charge is 0.306 e. The summed E-state index contributed by atoms with van der Waals surface area (Å²) < 4.78 is 17.0. The van der Waals surface area contributed by atoms with Crippen LogP contribution in [0.15, 0.2) is 60.8 Å². The van der Waals surface area contributed by atoms with Crippen LogP contribution in [0.3, 0.4) is 0 Å². The van der Waals surface area contributed by atoms with Gasteiger partial charge in [0.15, 0.2) is 6.10 Å². The number of unbranched alkanes of at least 4 members (excludes halogenated alkanes) is 44. The number of esters is 3. The van der Waals surface area contributed by atoms with Crippen molar-refractivity contribution in [3.05, 3.63) is 60.8 Å². The Bertz CT molecular complexity index is 1430. The quantitative estimate of drug-likeness (QED) is 0.0261. The number of carbonyl (C=O) groups is 3. The number of hydrogen-bond donors (Lipinski definition) is 0. The molecule has 0 radical (unpaired) electrons. The third-order valence-electron chi connectivity index (χ3n) is 15.7. The van der Waals surface area contributed by atoms with Gasteiger partial charge in [-0.2, -0.15) is 0 Å². The zero-order chi connectivity index (χ0) is 57.8. The van der Waals surface area contributed by atoms with Crippen LogP contribution in [0.2, 0.25) is 0 Å². The van der Waals surface area contributed by atoms with Crippen LogP contribution in [0.25, 0.3) is 0 Å². The number of ether oxygens (including phenoxy) is 3. The first-order valence-electron chi connectivity index (χ1n) is 35.3. The standard InChI is InChI=1S/C74H134O6/c1-4-7-10-13-16-19-22-25-28-31-34-36-37-39-40-43-46-49-52-55-58-61-64-67-73(76)79-70-71(69-78-72(75)66-63-60-57-54-51-48-45-42-33-30-27-24-21-18-15-12-9-6-3)80-74(77)68-65-62-59-56-53-50-47-44-41-38-35-32-29-26-23-20-17-14-11-8-5-2/h22-23,25-26,31-32,34-35,41,44,71H,4-21,24,27-30,33,36-40,42-43,45-70H2,1-3H3/b25-22-,26-23-,34-31-,35-32-,44-41-. The van der Waals surface area contributed by atoms with Crippen molar-refractivity contribution < 1.29 is 28.6 Å². The molecule has 1 atom stereocenters. The highest BCUT2D eigenvalue weighted by Gasteiger charge is 2.19. The zero-order valence-corrected chi connectivity index (χ0v) is 53.6. The third kappa shape index (κ3) is 65.9. The molecule has 0 aliphatic carbocycles. The topological polar surface area (TPSA) is 78.9 Å². The molecular formula is C74H134O6. The number of allylic oxidation sites excluding steroid dienone is 10. The molecule has 0 spiro atoms. The monoisotopic (exact) mass is 1120 g/mol. The maximum atomic E-state index is 13.0. The number of rotatable bonds is 65. The van der Waals surface area contributed by atoms with Crippen molar-refractivity contribution in [1.82, 2.24) is 0 Å². The van der Waals surface area contributed by atoms with Crippen LogP contribution >= 0.6 is 0 Å². The molecule has 6 heteroatoms. The minimum Gasteiger partial charge on any atom is -0.462 e. The van der Waals surface area contributed by atoms with E-state index in [2.05, 4.69) is 81.5 Å². The van der Waals surface area contributed by atoms with Crippen molar-refractivity contribution in [2.24, 2.45) is 0 Å². The highest BCUT2D eigenvalue weighted by atomic mass is 16.6. The second kappa shape index (κ2) is 68.6. The van der Waals surface area contributed by atoms with E-state index in [1.54, 1.807) is 0 Å². The van der Waals surface area contributed by atoms with Gasteiger partial charge in [-0.05, 0) is 89.9 Å². The normalized spacial score (nSPS) is 12.4. The molecule has 1 unspecified atom stereocenters. The molecule has 0 aliphatic rings.